The van der Waals surface area contributed by atoms with Crippen molar-refractivity contribution < 1.29 is 58.1 Å². The summed E-state index contributed by atoms with van der Waals surface area (Å²) in [5, 5.41) is 33.4. The minimum Gasteiger partial charge on any atom is -0.462 e. The highest BCUT2D eigenvalue weighted by Crippen LogP contribution is 2.28. The summed E-state index contributed by atoms with van der Waals surface area (Å²) in [5.74, 6) is -1.97. The third-order valence-electron chi connectivity index (χ3n) is 4.84. The molecule has 0 amide bonds. The van der Waals surface area contributed by atoms with E-state index in [-0.39, 0.29) is 31.6 Å². The lowest BCUT2D eigenvalue weighted by Crippen LogP contribution is -2.66. The van der Waals surface area contributed by atoms with Gasteiger partial charge in [0.05, 0.1) is 19.8 Å². The van der Waals surface area contributed by atoms with Gasteiger partial charge in [-0.2, -0.15) is 0 Å². The lowest BCUT2D eigenvalue weighted by molar-refractivity contribution is -0.255. The van der Waals surface area contributed by atoms with E-state index in [1.807, 2.05) is 0 Å². The second-order valence-corrected chi connectivity index (χ2v) is 8.26. The number of hydrogen-bond donors (Lipinski definition) is 3. The van der Waals surface area contributed by atoms with Gasteiger partial charge >= 0.3 is 17.9 Å². The second kappa shape index (κ2) is 17.4. The molecule has 0 aromatic carbocycles. The largest absolute Gasteiger partial charge is 0.462 e. The molecule has 0 spiro atoms. The van der Waals surface area contributed by atoms with Crippen molar-refractivity contribution in [1.29, 1.82) is 0 Å². The molecule has 0 aliphatic heterocycles. The maximum Gasteiger partial charge on any atom is 0.333 e. The maximum absolute atomic E-state index is 11.8. The van der Waals surface area contributed by atoms with Crippen LogP contribution in [0, 0.1) is 0 Å². The summed E-state index contributed by atoms with van der Waals surface area (Å²) in [4.78, 5) is 35.3. The summed E-state index contributed by atoms with van der Waals surface area (Å²) in [6.07, 6.45) is -2.95. The summed E-state index contributed by atoms with van der Waals surface area (Å²) < 4.78 is 31.7. The van der Waals surface area contributed by atoms with Gasteiger partial charge in [-0.15, -0.1) is 0 Å². The zero-order chi connectivity index (χ0) is 27.8. The van der Waals surface area contributed by atoms with Crippen LogP contribution >= 0.6 is 0 Å². The first-order chi connectivity index (χ1) is 16.9. The van der Waals surface area contributed by atoms with Gasteiger partial charge in [0.1, 0.15) is 32.0 Å². The second-order valence-electron chi connectivity index (χ2n) is 8.26. The predicted molar refractivity (Wildman–Crippen MR) is 127 cm³/mol. The molecule has 36 heavy (non-hydrogen) atoms. The Morgan fingerprint density at radius 3 is 1.58 bits per heavy atom. The van der Waals surface area contributed by atoms with E-state index in [0.29, 0.717) is 0 Å². The minimum absolute atomic E-state index is 0.0281. The van der Waals surface area contributed by atoms with Crippen molar-refractivity contribution in [3.05, 3.63) is 12.2 Å². The van der Waals surface area contributed by atoms with Gasteiger partial charge in [0.2, 0.25) is 0 Å². The molecule has 0 aromatic rings. The normalized spacial score (nSPS) is 16.2. The van der Waals surface area contributed by atoms with Gasteiger partial charge in [0.15, 0.2) is 11.2 Å². The predicted octanol–water partition coefficient (Wildman–Crippen LogP) is 0.293. The first-order valence-corrected chi connectivity index (χ1v) is 11.9. The SMILES string of the molecule is C=C(C)C(=O)OCC(O)COC(C(O)(COCC)COC(=O)CC)C(O)(COCC)COC(=O)CC. The van der Waals surface area contributed by atoms with Crippen LogP contribution in [0.1, 0.15) is 47.5 Å². The fourth-order valence-electron chi connectivity index (χ4n) is 2.92. The molecular formula is C24H42O12. The Morgan fingerprint density at radius 2 is 1.22 bits per heavy atom. The van der Waals surface area contributed by atoms with Crippen LogP contribution in [0.2, 0.25) is 0 Å². The van der Waals surface area contributed by atoms with Crippen LogP contribution in [-0.4, -0.2) is 109 Å². The fraction of sp³-hybridized carbons (Fsp3) is 0.792. The zero-order valence-electron chi connectivity index (χ0n) is 21.9. The smallest absolute Gasteiger partial charge is 0.333 e. The number of hydrogen-bond acceptors (Lipinski definition) is 12. The molecule has 0 saturated heterocycles. The van der Waals surface area contributed by atoms with Crippen LogP contribution in [-0.2, 0) is 42.8 Å². The molecule has 0 aliphatic rings. The summed E-state index contributed by atoms with van der Waals surface area (Å²) in [6.45, 7) is 8.56. The molecule has 0 heterocycles. The van der Waals surface area contributed by atoms with Gasteiger partial charge in [0.25, 0.3) is 0 Å². The number of aliphatic hydroxyl groups is 3. The van der Waals surface area contributed by atoms with Crippen molar-refractivity contribution in [3.63, 3.8) is 0 Å². The zero-order valence-corrected chi connectivity index (χ0v) is 21.9. The Kier molecular flexibility index (Phi) is 16.4. The lowest BCUT2D eigenvalue weighted by atomic mass is 9.84. The van der Waals surface area contributed by atoms with E-state index in [9.17, 15) is 29.7 Å². The molecule has 210 valence electrons. The molecule has 0 rings (SSSR count). The van der Waals surface area contributed by atoms with Crippen LogP contribution in [0.4, 0.5) is 0 Å². The molecular weight excluding hydrogens is 480 g/mol. The Balaban J connectivity index is 6.10. The summed E-state index contributed by atoms with van der Waals surface area (Å²) in [7, 11) is 0. The number of carbonyl (C=O) groups excluding carboxylic acids is 3. The van der Waals surface area contributed by atoms with E-state index >= 15 is 0 Å². The molecule has 0 saturated carbocycles. The monoisotopic (exact) mass is 522 g/mol. The third-order valence-corrected chi connectivity index (χ3v) is 4.84. The number of ether oxygens (including phenoxy) is 6. The summed E-state index contributed by atoms with van der Waals surface area (Å²) in [5.41, 5.74) is -4.17. The van der Waals surface area contributed by atoms with Crippen LogP contribution in [0.3, 0.4) is 0 Å². The van der Waals surface area contributed by atoms with Gasteiger partial charge < -0.3 is 43.7 Å². The molecule has 0 bridgehead atoms. The number of aliphatic hydroxyl groups excluding tert-OH is 1. The van der Waals surface area contributed by atoms with Crippen molar-refractivity contribution in [2.24, 2.45) is 0 Å². The Bertz CT molecular complexity index is 659. The van der Waals surface area contributed by atoms with Crippen LogP contribution < -0.4 is 0 Å². The standard InChI is InChI=1S/C24H42O12/c1-7-19(26)35-15-23(29,13-31-9-3)22(34-12-18(25)11-33-21(28)17(5)6)24(30,14-32-10-4)16-36-20(27)8-2/h18,22,25,29-30H,5,7-16H2,1-4,6H3. The fourth-order valence-corrected chi connectivity index (χ4v) is 2.92. The summed E-state index contributed by atoms with van der Waals surface area (Å²) >= 11 is 0. The maximum atomic E-state index is 11.8. The van der Waals surface area contributed by atoms with Gasteiger partial charge in [-0.05, 0) is 20.8 Å². The molecule has 3 unspecified atom stereocenters. The molecule has 12 nitrogen and oxygen atoms in total. The van der Waals surface area contributed by atoms with E-state index < -0.39 is 81.0 Å². The topological polar surface area (TPSA) is 167 Å². The van der Waals surface area contributed by atoms with Gasteiger partial charge in [-0.1, -0.05) is 20.4 Å². The van der Waals surface area contributed by atoms with E-state index in [1.165, 1.54) is 6.92 Å². The molecule has 3 N–H and O–H groups in total. The van der Waals surface area contributed by atoms with E-state index in [4.69, 9.17) is 28.4 Å². The highest BCUT2D eigenvalue weighted by molar-refractivity contribution is 5.86. The Morgan fingerprint density at radius 1 is 0.778 bits per heavy atom. The van der Waals surface area contributed by atoms with Crippen molar-refractivity contribution >= 4 is 17.9 Å². The average Bonchev–Trinajstić information content (AvgIpc) is 2.86. The molecule has 0 radical (unpaired) electrons. The minimum atomic E-state index is -2.15. The average molecular weight is 523 g/mol. The molecule has 12 heteroatoms. The molecule has 0 aliphatic carbocycles. The molecule has 3 atom stereocenters. The summed E-state index contributed by atoms with van der Waals surface area (Å²) in [6, 6.07) is 0. The van der Waals surface area contributed by atoms with Crippen molar-refractivity contribution in [3.8, 4) is 0 Å². The van der Waals surface area contributed by atoms with Crippen LogP contribution in [0.15, 0.2) is 12.2 Å². The van der Waals surface area contributed by atoms with E-state index in [1.54, 1.807) is 27.7 Å². The third kappa shape index (κ3) is 12.2. The van der Waals surface area contributed by atoms with Crippen molar-refractivity contribution in [2.45, 2.75) is 70.9 Å². The van der Waals surface area contributed by atoms with Crippen LogP contribution in [0.5, 0.6) is 0 Å². The highest BCUT2D eigenvalue weighted by atomic mass is 16.6. The van der Waals surface area contributed by atoms with Crippen LogP contribution in [0.25, 0.3) is 0 Å². The lowest BCUT2D eigenvalue weighted by Gasteiger charge is -2.44. The highest BCUT2D eigenvalue weighted by Gasteiger charge is 2.53. The Hall–Kier alpha value is -2.09. The number of rotatable bonds is 20. The molecule has 0 aromatic heterocycles. The van der Waals surface area contributed by atoms with E-state index in [2.05, 4.69) is 6.58 Å². The van der Waals surface area contributed by atoms with Gasteiger partial charge in [-0.25, -0.2) is 4.79 Å². The first-order valence-electron chi connectivity index (χ1n) is 11.9. The van der Waals surface area contributed by atoms with E-state index in [0.717, 1.165) is 0 Å². The van der Waals surface area contributed by atoms with Crippen molar-refractivity contribution in [1.82, 2.24) is 0 Å². The quantitative estimate of drug-likeness (QED) is 0.114. The molecule has 0 fully saturated rings. The van der Waals surface area contributed by atoms with Gasteiger partial charge in [0, 0.05) is 31.6 Å². The first kappa shape index (κ1) is 33.9. The Labute approximate surface area is 212 Å². The number of carbonyl (C=O) groups is 3. The van der Waals surface area contributed by atoms with Crippen molar-refractivity contribution in [2.75, 3.05) is 52.9 Å². The number of esters is 3. The van der Waals surface area contributed by atoms with Gasteiger partial charge in [-0.3, -0.25) is 9.59 Å².